The molecule has 0 saturated heterocycles. The molecule has 5 heteroatoms. The van der Waals surface area contributed by atoms with E-state index in [2.05, 4.69) is 4.98 Å². The summed E-state index contributed by atoms with van der Waals surface area (Å²) in [7, 11) is 1.58. The maximum absolute atomic E-state index is 7.47. The zero-order chi connectivity index (χ0) is 16.8. The number of methoxy groups -OCH3 is 1. The van der Waals surface area contributed by atoms with Gasteiger partial charge in [0.05, 0.1) is 7.11 Å². The topological polar surface area (TPSA) is 81.2 Å². The molecule has 2 aromatic rings. The van der Waals surface area contributed by atoms with Gasteiger partial charge in [0.15, 0.2) is 0 Å². The third-order valence-electron chi connectivity index (χ3n) is 3.83. The minimum Gasteiger partial charge on any atom is -0.484 e. The first-order valence-electron chi connectivity index (χ1n) is 7.62. The van der Waals surface area contributed by atoms with Gasteiger partial charge in [-0.3, -0.25) is 0 Å². The lowest BCUT2D eigenvalue weighted by Gasteiger charge is -2.25. The summed E-state index contributed by atoms with van der Waals surface area (Å²) in [6.45, 7) is 3.99. The molecule has 0 saturated carbocycles. The second-order valence-electron chi connectivity index (χ2n) is 5.40. The monoisotopic (exact) mass is 313 g/mol. The van der Waals surface area contributed by atoms with Gasteiger partial charge < -0.3 is 20.6 Å². The molecule has 0 aliphatic carbocycles. The van der Waals surface area contributed by atoms with Crippen LogP contribution in [-0.4, -0.2) is 24.4 Å². The summed E-state index contributed by atoms with van der Waals surface area (Å²) in [6.07, 6.45) is 3.48. The number of nitrogens with two attached hydrogens (primary N) is 1. The average Bonchev–Trinajstić information content (AvgIpc) is 2.60. The summed E-state index contributed by atoms with van der Waals surface area (Å²) < 4.78 is 11.3. The number of nitrogens with zero attached hydrogens (tertiary/aromatic N) is 1. The molecule has 0 aliphatic rings. The van der Waals surface area contributed by atoms with Crippen LogP contribution in [0.15, 0.2) is 36.5 Å². The van der Waals surface area contributed by atoms with E-state index in [0.717, 1.165) is 23.1 Å². The molecule has 0 radical (unpaired) electrons. The van der Waals surface area contributed by atoms with Crippen molar-refractivity contribution in [3.63, 3.8) is 0 Å². The van der Waals surface area contributed by atoms with Gasteiger partial charge in [0.1, 0.15) is 11.9 Å². The van der Waals surface area contributed by atoms with Crippen LogP contribution in [0.25, 0.3) is 0 Å². The molecule has 0 fully saturated rings. The van der Waals surface area contributed by atoms with Gasteiger partial charge in [0.2, 0.25) is 5.88 Å². The number of ether oxygens (including phenoxy) is 2. The van der Waals surface area contributed by atoms with Gasteiger partial charge in [0, 0.05) is 30.1 Å². The normalized spacial score (nSPS) is 13.2. The Balaban J connectivity index is 2.34. The van der Waals surface area contributed by atoms with Crippen LogP contribution in [0.4, 0.5) is 0 Å². The lowest BCUT2D eigenvalue weighted by atomic mass is 10.0. The van der Waals surface area contributed by atoms with Crippen molar-refractivity contribution in [3.05, 3.63) is 53.2 Å². The fourth-order valence-corrected chi connectivity index (χ4v) is 2.32. The summed E-state index contributed by atoms with van der Waals surface area (Å²) in [6, 6.07) is 9.26. The van der Waals surface area contributed by atoms with Crippen molar-refractivity contribution in [3.8, 4) is 11.6 Å². The second-order valence-corrected chi connectivity index (χ2v) is 5.40. The van der Waals surface area contributed by atoms with Crippen LogP contribution in [0.1, 0.15) is 36.1 Å². The van der Waals surface area contributed by atoms with Crippen LogP contribution < -0.4 is 15.2 Å². The van der Waals surface area contributed by atoms with Crippen molar-refractivity contribution < 1.29 is 9.47 Å². The summed E-state index contributed by atoms with van der Waals surface area (Å²) in [5.74, 6) is 1.22. The van der Waals surface area contributed by atoms with Gasteiger partial charge in [0.25, 0.3) is 0 Å². The molecular formula is C18H23N3O2. The predicted molar refractivity (Wildman–Crippen MR) is 91.5 cm³/mol. The van der Waals surface area contributed by atoms with Crippen molar-refractivity contribution in [1.29, 1.82) is 5.41 Å². The smallest absolute Gasteiger partial charge is 0.213 e. The van der Waals surface area contributed by atoms with Crippen LogP contribution in [0.3, 0.4) is 0 Å². The first-order chi connectivity index (χ1) is 11.1. The molecule has 0 aliphatic heterocycles. The number of pyridine rings is 1. The highest BCUT2D eigenvalue weighted by atomic mass is 16.5. The van der Waals surface area contributed by atoms with Gasteiger partial charge in [-0.15, -0.1) is 0 Å². The highest BCUT2D eigenvalue weighted by Crippen LogP contribution is 2.28. The Labute approximate surface area is 137 Å². The lowest BCUT2D eigenvalue weighted by Crippen LogP contribution is -2.31. The van der Waals surface area contributed by atoms with Crippen molar-refractivity contribution in [1.82, 2.24) is 4.98 Å². The van der Waals surface area contributed by atoms with Gasteiger partial charge >= 0.3 is 0 Å². The predicted octanol–water partition coefficient (Wildman–Crippen LogP) is 3.25. The SMILES string of the molecule is CCC(N)C(Oc1ccc(C)c(C=N)c1)c1ccnc(OC)c1. The molecule has 0 amide bonds. The highest BCUT2D eigenvalue weighted by molar-refractivity contribution is 5.79. The summed E-state index contributed by atoms with van der Waals surface area (Å²) >= 11 is 0. The maximum atomic E-state index is 7.47. The first-order valence-corrected chi connectivity index (χ1v) is 7.62. The van der Waals surface area contributed by atoms with Crippen LogP contribution in [-0.2, 0) is 0 Å². The Hall–Kier alpha value is -2.40. The van der Waals surface area contributed by atoms with E-state index in [1.54, 1.807) is 13.3 Å². The Morgan fingerprint density at radius 2 is 2.09 bits per heavy atom. The van der Waals surface area contributed by atoms with Crippen LogP contribution in [0.2, 0.25) is 0 Å². The van der Waals surface area contributed by atoms with Crippen molar-refractivity contribution in [2.24, 2.45) is 5.73 Å². The molecule has 23 heavy (non-hydrogen) atoms. The molecule has 2 atom stereocenters. The zero-order valence-electron chi connectivity index (χ0n) is 13.7. The van der Waals surface area contributed by atoms with E-state index in [-0.39, 0.29) is 12.1 Å². The number of hydrogen-bond acceptors (Lipinski definition) is 5. The van der Waals surface area contributed by atoms with Gasteiger partial charge in [-0.2, -0.15) is 0 Å². The van der Waals surface area contributed by atoms with E-state index in [9.17, 15) is 0 Å². The molecule has 0 spiro atoms. The van der Waals surface area contributed by atoms with Gasteiger partial charge in [-0.1, -0.05) is 13.0 Å². The molecule has 0 bridgehead atoms. The standard InChI is InChI=1S/C18H23N3O2/c1-4-16(20)18(13-7-8-21-17(10-13)22-3)23-15-6-5-12(2)14(9-15)11-19/h5-11,16,18-19H,4,20H2,1-3H3. The quantitative estimate of drug-likeness (QED) is 0.769. The fraction of sp³-hybridized carbons (Fsp3) is 0.333. The summed E-state index contributed by atoms with van der Waals surface area (Å²) in [5.41, 5.74) is 9.05. The second kappa shape index (κ2) is 7.74. The number of nitrogens with one attached hydrogen (secondary N) is 1. The number of aryl methyl sites for hydroxylation is 1. The van der Waals surface area contributed by atoms with Crippen molar-refractivity contribution in [2.75, 3.05) is 7.11 Å². The molecule has 1 heterocycles. The minimum absolute atomic E-state index is 0.160. The number of rotatable bonds is 7. The summed E-state index contributed by atoms with van der Waals surface area (Å²) in [4.78, 5) is 4.12. The van der Waals surface area contributed by atoms with Crippen LogP contribution in [0.5, 0.6) is 11.6 Å². The first kappa shape index (κ1) is 17.0. The number of benzene rings is 1. The molecule has 5 nitrogen and oxygen atoms in total. The molecule has 2 unspecified atom stereocenters. The van der Waals surface area contributed by atoms with Gasteiger partial charge in [-0.25, -0.2) is 4.98 Å². The van der Waals surface area contributed by atoms with Crippen LogP contribution in [0, 0.1) is 12.3 Å². The Morgan fingerprint density at radius 1 is 1.30 bits per heavy atom. The van der Waals surface area contributed by atoms with Crippen molar-refractivity contribution in [2.45, 2.75) is 32.4 Å². The van der Waals surface area contributed by atoms with E-state index in [1.165, 1.54) is 6.21 Å². The minimum atomic E-state index is -0.307. The van der Waals surface area contributed by atoms with E-state index in [0.29, 0.717) is 11.6 Å². The van der Waals surface area contributed by atoms with E-state index in [4.69, 9.17) is 20.6 Å². The number of aromatic nitrogens is 1. The lowest BCUT2D eigenvalue weighted by molar-refractivity contribution is 0.170. The van der Waals surface area contributed by atoms with E-state index in [1.807, 2.05) is 44.2 Å². The molecule has 2 rings (SSSR count). The average molecular weight is 313 g/mol. The third kappa shape index (κ3) is 4.07. The van der Waals surface area contributed by atoms with Crippen molar-refractivity contribution >= 4 is 6.21 Å². The van der Waals surface area contributed by atoms with E-state index >= 15 is 0 Å². The third-order valence-corrected chi connectivity index (χ3v) is 3.83. The fourth-order valence-electron chi connectivity index (χ4n) is 2.32. The summed E-state index contributed by atoms with van der Waals surface area (Å²) in [5, 5.41) is 7.47. The Kier molecular flexibility index (Phi) is 5.71. The molecule has 3 N–H and O–H groups in total. The zero-order valence-corrected chi connectivity index (χ0v) is 13.7. The molecule has 1 aromatic heterocycles. The largest absolute Gasteiger partial charge is 0.484 e. The maximum Gasteiger partial charge on any atom is 0.213 e. The highest BCUT2D eigenvalue weighted by Gasteiger charge is 2.21. The Bertz CT molecular complexity index is 673. The van der Waals surface area contributed by atoms with Crippen LogP contribution >= 0.6 is 0 Å². The number of hydrogen-bond donors (Lipinski definition) is 2. The molecular weight excluding hydrogens is 290 g/mol. The molecule has 1 aromatic carbocycles. The van der Waals surface area contributed by atoms with Gasteiger partial charge in [-0.05, 0) is 42.7 Å². The molecule has 122 valence electrons. The van der Waals surface area contributed by atoms with E-state index < -0.39 is 0 Å². The Morgan fingerprint density at radius 3 is 2.74 bits per heavy atom.